The van der Waals surface area contributed by atoms with Gasteiger partial charge < -0.3 is 15.5 Å². The third kappa shape index (κ3) is 1.99. The van der Waals surface area contributed by atoms with Crippen molar-refractivity contribution in [2.45, 2.75) is 6.92 Å². The average Bonchev–Trinajstić information content (AvgIpc) is 2.83. The van der Waals surface area contributed by atoms with E-state index in [1.807, 2.05) is 31.2 Å². The fourth-order valence-corrected chi connectivity index (χ4v) is 2.01. The number of benzene rings is 1. The van der Waals surface area contributed by atoms with Crippen molar-refractivity contribution in [1.29, 1.82) is 0 Å². The Kier molecular flexibility index (Phi) is 2.59. The molecule has 0 spiro atoms. The van der Waals surface area contributed by atoms with Crippen molar-refractivity contribution >= 4 is 16.9 Å². The summed E-state index contributed by atoms with van der Waals surface area (Å²) in [5, 5.41) is 0. The van der Waals surface area contributed by atoms with Crippen molar-refractivity contribution in [3.8, 4) is 17.3 Å². The number of nitrogens with zero attached hydrogens (tertiary/aromatic N) is 2. The van der Waals surface area contributed by atoms with Crippen molar-refractivity contribution in [2.24, 2.45) is 0 Å². The number of nitrogens with one attached hydrogen (secondary N) is 1. The lowest BCUT2D eigenvalue weighted by Gasteiger charge is -2.03. The van der Waals surface area contributed by atoms with Crippen LogP contribution < -0.4 is 10.5 Å². The zero-order valence-electron chi connectivity index (χ0n) is 10.8. The molecule has 3 N–H and O–H groups in total. The van der Waals surface area contributed by atoms with Crippen LogP contribution >= 0.6 is 0 Å². The fourth-order valence-electron chi connectivity index (χ4n) is 2.01. The Labute approximate surface area is 110 Å². The Bertz CT molecular complexity index is 748. The number of imidazole rings is 1. The normalized spacial score (nSPS) is 10.8. The molecule has 0 radical (unpaired) electrons. The van der Waals surface area contributed by atoms with E-state index in [9.17, 15) is 0 Å². The summed E-state index contributed by atoms with van der Waals surface area (Å²) < 4.78 is 5.10. The maximum atomic E-state index is 5.83. The highest BCUT2D eigenvalue weighted by molar-refractivity contribution is 5.78. The molecule has 0 bridgehead atoms. The van der Waals surface area contributed by atoms with Crippen LogP contribution in [0.2, 0.25) is 0 Å². The molecule has 2 aromatic heterocycles. The van der Waals surface area contributed by atoms with Gasteiger partial charge >= 0.3 is 0 Å². The second-order valence-corrected chi connectivity index (χ2v) is 4.38. The van der Waals surface area contributed by atoms with Crippen molar-refractivity contribution in [1.82, 2.24) is 15.0 Å². The lowest BCUT2D eigenvalue weighted by Crippen LogP contribution is -1.90. The van der Waals surface area contributed by atoms with Crippen LogP contribution in [0.5, 0.6) is 5.88 Å². The summed E-state index contributed by atoms with van der Waals surface area (Å²) in [6, 6.07) is 9.47. The van der Waals surface area contributed by atoms with E-state index in [0.717, 1.165) is 22.5 Å². The van der Waals surface area contributed by atoms with Gasteiger partial charge in [-0.05, 0) is 30.7 Å². The number of H-pyrrole nitrogens is 1. The summed E-state index contributed by atoms with van der Waals surface area (Å²) in [4.78, 5) is 12.0. The first-order valence-corrected chi connectivity index (χ1v) is 5.94. The molecule has 0 amide bonds. The molecule has 0 saturated heterocycles. The molecule has 0 aliphatic heterocycles. The van der Waals surface area contributed by atoms with E-state index in [1.165, 1.54) is 0 Å². The molecular formula is C14H14N4O. The maximum absolute atomic E-state index is 5.83. The first kappa shape index (κ1) is 11.5. The molecular weight excluding hydrogens is 240 g/mol. The minimum atomic E-state index is 0.551. The molecule has 19 heavy (non-hydrogen) atoms. The zero-order chi connectivity index (χ0) is 13.4. The Balaban J connectivity index is 2.17. The summed E-state index contributed by atoms with van der Waals surface area (Å²) in [7, 11) is 1.59. The van der Waals surface area contributed by atoms with E-state index in [2.05, 4.69) is 15.0 Å². The van der Waals surface area contributed by atoms with Gasteiger partial charge in [-0.3, -0.25) is 0 Å². The Morgan fingerprint density at radius 3 is 2.79 bits per heavy atom. The Hall–Kier alpha value is -2.56. The average molecular weight is 254 g/mol. The number of aromatic amines is 1. The number of aryl methyl sites for hydroxylation is 1. The fraction of sp³-hybridized carbons (Fsp3) is 0.143. The number of hydrogen-bond acceptors (Lipinski definition) is 4. The summed E-state index contributed by atoms with van der Waals surface area (Å²) in [5.74, 6) is 1.32. The van der Waals surface area contributed by atoms with Gasteiger partial charge in [0.2, 0.25) is 5.88 Å². The number of methoxy groups -OCH3 is 1. The van der Waals surface area contributed by atoms with Crippen LogP contribution in [0.1, 0.15) is 5.56 Å². The molecule has 96 valence electrons. The summed E-state index contributed by atoms with van der Waals surface area (Å²) >= 11 is 0. The van der Waals surface area contributed by atoms with Gasteiger partial charge in [0, 0.05) is 17.3 Å². The number of aromatic nitrogens is 3. The van der Waals surface area contributed by atoms with Crippen LogP contribution in [0.4, 0.5) is 5.69 Å². The van der Waals surface area contributed by atoms with Crippen LogP contribution in [0.25, 0.3) is 22.6 Å². The number of rotatable bonds is 2. The monoisotopic (exact) mass is 254 g/mol. The molecule has 0 aliphatic rings. The number of hydrogen-bond donors (Lipinski definition) is 2. The SMILES string of the molecule is COc1ccc2[nH]c(-c3cc(N)ccc3C)nc2n1. The molecule has 0 atom stereocenters. The molecule has 3 rings (SSSR count). The smallest absolute Gasteiger partial charge is 0.215 e. The maximum Gasteiger partial charge on any atom is 0.215 e. The molecule has 5 heteroatoms. The third-order valence-corrected chi connectivity index (χ3v) is 3.05. The second kappa shape index (κ2) is 4.28. The minimum absolute atomic E-state index is 0.551. The topological polar surface area (TPSA) is 76.8 Å². The molecule has 0 saturated carbocycles. The van der Waals surface area contributed by atoms with Gasteiger partial charge in [0.15, 0.2) is 5.65 Å². The molecule has 2 heterocycles. The second-order valence-electron chi connectivity index (χ2n) is 4.38. The molecule has 3 aromatic rings. The molecule has 0 aliphatic carbocycles. The van der Waals surface area contributed by atoms with Crippen molar-refractivity contribution in [3.63, 3.8) is 0 Å². The molecule has 0 unspecified atom stereocenters. The van der Waals surface area contributed by atoms with Crippen LogP contribution in [0.15, 0.2) is 30.3 Å². The van der Waals surface area contributed by atoms with E-state index in [0.29, 0.717) is 17.2 Å². The van der Waals surface area contributed by atoms with E-state index in [-0.39, 0.29) is 0 Å². The quantitative estimate of drug-likeness (QED) is 0.689. The van der Waals surface area contributed by atoms with Gasteiger partial charge in [-0.2, -0.15) is 4.98 Å². The summed E-state index contributed by atoms with van der Waals surface area (Å²) in [6.45, 7) is 2.02. The predicted octanol–water partition coefficient (Wildman–Crippen LogP) is 2.52. The van der Waals surface area contributed by atoms with E-state index in [4.69, 9.17) is 10.5 Å². The van der Waals surface area contributed by atoms with Crippen LogP contribution in [0, 0.1) is 6.92 Å². The van der Waals surface area contributed by atoms with Gasteiger partial charge in [0.25, 0.3) is 0 Å². The first-order valence-electron chi connectivity index (χ1n) is 5.94. The highest BCUT2D eigenvalue weighted by Crippen LogP contribution is 2.25. The third-order valence-electron chi connectivity index (χ3n) is 3.05. The number of pyridine rings is 1. The number of nitrogens with two attached hydrogens (primary N) is 1. The lowest BCUT2D eigenvalue weighted by molar-refractivity contribution is 0.399. The van der Waals surface area contributed by atoms with E-state index >= 15 is 0 Å². The number of anilines is 1. The molecule has 0 fully saturated rings. The zero-order valence-corrected chi connectivity index (χ0v) is 10.8. The lowest BCUT2D eigenvalue weighted by atomic mass is 10.1. The van der Waals surface area contributed by atoms with E-state index in [1.54, 1.807) is 13.2 Å². The standard InChI is InChI=1S/C14H14N4O/c1-8-3-4-9(15)7-10(8)13-16-11-5-6-12(19-2)17-14(11)18-13/h3-7H,15H2,1-2H3,(H,16,17,18). The van der Waals surface area contributed by atoms with Crippen molar-refractivity contribution < 1.29 is 4.74 Å². The number of fused-ring (bicyclic) bond motifs is 1. The summed E-state index contributed by atoms with van der Waals surface area (Å²) in [6.07, 6.45) is 0. The highest BCUT2D eigenvalue weighted by Gasteiger charge is 2.09. The van der Waals surface area contributed by atoms with Gasteiger partial charge in [-0.25, -0.2) is 4.98 Å². The van der Waals surface area contributed by atoms with E-state index < -0.39 is 0 Å². The van der Waals surface area contributed by atoms with Crippen LogP contribution in [-0.4, -0.2) is 22.1 Å². The molecule has 1 aromatic carbocycles. The largest absolute Gasteiger partial charge is 0.481 e. The number of nitrogen functional groups attached to an aromatic ring is 1. The van der Waals surface area contributed by atoms with Gasteiger partial charge in [0.1, 0.15) is 5.82 Å². The van der Waals surface area contributed by atoms with Crippen molar-refractivity contribution in [3.05, 3.63) is 35.9 Å². The minimum Gasteiger partial charge on any atom is -0.481 e. The number of ether oxygens (including phenoxy) is 1. The molecule has 5 nitrogen and oxygen atoms in total. The van der Waals surface area contributed by atoms with Gasteiger partial charge in [0.05, 0.1) is 12.6 Å². The van der Waals surface area contributed by atoms with Crippen LogP contribution in [0.3, 0.4) is 0 Å². The summed E-state index contributed by atoms with van der Waals surface area (Å²) in [5.41, 5.74) is 10.1. The Morgan fingerprint density at radius 2 is 2.00 bits per heavy atom. The first-order chi connectivity index (χ1) is 9.17. The van der Waals surface area contributed by atoms with Crippen LogP contribution in [-0.2, 0) is 0 Å². The Morgan fingerprint density at radius 1 is 1.16 bits per heavy atom. The predicted molar refractivity (Wildman–Crippen MR) is 75.0 cm³/mol. The highest BCUT2D eigenvalue weighted by atomic mass is 16.5. The van der Waals surface area contributed by atoms with Crippen molar-refractivity contribution in [2.75, 3.05) is 12.8 Å². The van der Waals surface area contributed by atoms with Gasteiger partial charge in [-0.1, -0.05) is 6.07 Å². The van der Waals surface area contributed by atoms with Gasteiger partial charge in [-0.15, -0.1) is 0 Å².